The molecule has 0 aliphatic heterocycles. The Labute approximate surface area is 77.2 Å². The van der Waals surface area contributed by atoms with Crippen LogP contribution in [0.15, 0.2) is 12.4 Å². The molecule has 0 spiro atoms. The summed E-state index contributed by atoms with van der Waals surface area (Å²) in [7, 11) is 1.61. The summed E-state index contributed by atoms with van der Waals surface area (Å²) in [6, 6.07) is 0. The number of imidazole rings is 1. The molecule has 1 rings (SSSR count). The number of hydrogen-bond acceptors (Lipinski definition) is 3. The molecule has 5 nitrogen and oxygen atoms in total. The Morgan fingerprint density at radius 1 is 1.69 bits per heavy atom. The van der Waals surface area contributed by atoms with E-state index in [2.05, 4.69) is 15.6 Å². The summed E-state index contributed by atoms with van der Waals surface area (Å²) in [6.45, 7) is 3.12. The van der Waals surface area contributed by atoms with E-state index in [0.29, 0.717) is 0 Å². The molecular weight excluding hydrogens is 168 g/mol. The molecule has 0 atom stereocenters. The van der Waals surface area contributed by atoms with E-state index >= 15 is 0 Å². The molecule has 0 fully saturated rings. The van der Waals surface area contributed by atoms with E-state index in [1.54, 1.807) is 13.2 Å². The van der Waals surface area contributed by atoms with Crippen LogP contribution in [0.1, 0.15) is 6.92 Å². The number of anilines is 1. The SMILES string of the molecule is CCn1ccnc1NCC(=O)NC. The molecule has 1 aromatic rings. The summed E-state index contributed by atoms with van der Waals surface area (Å²) in [5.74, 6) is 0.678. The number of aromatic nitrogens is 2. The zero-order chi connectivity index (χ0) is 9.68. The minimum absolute atomic E-state index is 0.0503. The van der Waals surface area contributed by atoms with E-state index in [1.807, 2.05) is 17.7 Å². The van der Waals surface area contributed by atoms with Crippen molar-refractivity contribution < 1.29 is 4.79 Å². The molecular formula is C8H14N4O. The predicted octanol–water partition coefficient (Wildman–Crippen LogP) is 0.0609. The number of nitrogens with one attached hydrogen (secondary N) is 2. The fraction of sp³-hybridized carbons (Fsp3) is 0.500. The van der Waals surface area contributed by atoms with E-state index in [1.165, 1.54) is 0 Å². The molecule has 2 N–H and O–H groups in total. The van der Waals surface area contributed by atoms with Crippen LogP contribution in [0.5, 0.6) is 0 Å². The van der Waals surface area contributed by atoms with Gasteiger partial charge in [0.2, 0.25) is 11.9 Å². The molecule has 0 aromatic carbocycles. The van der Waals surface area contributed by atoms with Crippen molar-refractivity contribution in [1.82, 2.24) is 14.9 Å². The largest absolute Gasteiger partial charge is 0.358 e. The van der Waals surface area contributed by atoms with Crippen LogP contribution in [0.4, 0.5) is 5.95 Å². The smallest absolute Gasteiger partial charge is 0.239 e. The van der Waals surface area contributed by atoms with Gasteiger partial charge in [0.25, 0.3) is 0 Å². The first kappa shape index (κ1) is 9.57. The van der Waals surface area contributed by atoms with Crippen LogP contribution in [0.3, 0.4) is 0 Å². The molecule has 0 saturated heterocycles. The van der Waals surface area contributed by atoms with Crippen LogP contribution in [-0.4, -0.2) is 29.1 Å². The van der Waals surface area contributed by atoms with Crippen molar-refractivity contribution in [3.63, 3.8) is 0 Å². The second kappa shape index (κ2) is 4.49. The van der Waals surface area contributed by atoms with E-state index in [-0.39, 0.29) is 12.5 Å². The second-order valence-corrected chi connectivity index (χ2v) is 2.56. The average molecular weight is 182 g/mol. The maximum Gasteiger partial charge on any atom is 0.239 e. The van der Waals surface area contributed by atoms with Crippen LogP contribution in [-0.2, 0) is 11.3 Å². The molecule has 13 heavy (non-hydrogen) atoms. The standard InChI is InChI=1S/C8H14N4O/c1-3-12-5-4-10-8(12)11-6-7(13)9-2/h4-5H,3,6H2,1-2H3,(H,9,13)(H,10,11). The van der Waals surface area contributed by atoms with Gasteiger partial charge in [-0.15, -0.1) is 0 Å². The van der Waals surface area contributed by atoms with Gasteiger partial charge in [-0.05, 0) is 6.92 Å². The van der Waals surface area contributed by atoms with Gasteiger partial charge in [-0.1, -0.05) is 0 Å². The zero-order valence-electron chi connectivity index (χ0n) is 7.87. The quantitative estimate of drug-likeness (QED) is 0.692. The van der Waals surface area contributed by atoms with E-state index in [0.717, 1.165) is 12.5 Å². The lowest BCUT2D eigenvalue weighted by Gasteiger charge is -2.06. The van der Waals surface area contributed by atoms with Crippen LogP contribution in [0, 0.1) is 0 Å². The Morgan fingerprint density at radius 2 is 2.46 bits per heavy atom. The first-order valence-corrected chi connectivity index (χ1v) is 4.23. The van der Waals surface area contributed by atoms with Crippen molar-refractivity contribution in [3.8, 4) is 0 Å². The average Bonchev–Trinajstić information content (AvgIpc) is 2.61. The Balaban J connectivity index is 2.49. The third kappa shape index (κ3) is 2.47. The third-order valence-corrected chi connectivity index (χ3v) is 1.74. The molecule has 5 heteroatoms. The number of likely N-dealkylation sites (N-methyl/N-ethyl adjacent to an activating group) is 1. The van der Waals surface area contributed by atoms with Crippen molar-refractivity contribution in [2.75, 3.05) is 18.9 Å². The molecule has 0 radical (unpaired) electrons. The normalized spacial score (nSPS) is 9.69. The number of rotatable bonds is 4. The van der Waals surface area contributed by atoms with Crippen molar-refractivity contribution in [1.29, 1.82) is 0 Å². The Kier molecular flexibility index (Phi) is 3.31. The van der Waals surface area contributed by atoms with Crippen LogP contribution >= 0.6 is 0 Å². The van der Waals surface area contributed by atoms with E-state index in [9.17, 15) is 4.79 Å². The Morgan fingerprint density at radius 3 is 3.08 bits per heavy atom. The second-order valence-electron chi connectivity index (χ2n) is 2.56. The van der Waals surface area contributed by atoms with Crippen LogP contribution < -0.4 is 10.6 Å². The maximum absolute atomic E-state index is 10.9. The highest BCUT2D eigenvalue weighted by Crippen LogP contribution is 2.02. The summed E-state index contributed by atoms with van der Waals surface area (Å²) in [5.41, 5.74) is 0. The zero-order valence-corrected chi connectivity index (χ0v) is 7.87. The van der Waals surface area contributed by atoms with Crippen molar-refractivity contribution in [2.45, 2.75) is 13.5 Å². The summed E-state index contributed by atoms with van der Waals surface area (Å²) >= 11 is 0. The van der Waals surface area contributed by atoms with Crippen LogP contribution in [0.2, 0.25) is 0 Å². The molecule has 1 aromatic heterocycles. The minimum atomic E-state index is -0.0503. The number of hydrogen-bond donors (Lipinski definition) is 2. The molecule has 1 amide bonds. The number of aryl methyl sites for hydroxylation is 1. The highest BCUT2D eigenvalue weighted by Gasteiger charge is 2.01. The maximum atomic E-state index is 10.9. The van der Waals surface area contributed by atoms with Gasteiger partial charge >= 0.3 is 0 Å². The molecule has 0 bridgehead atoms. The Bertz CT molecular complexity index is 281. The molecule has 0 aliphatic rings. The summed E-state index contributed by atoms with van der Waals surface area (Å²) in [6.07, 6.45) is 3.57. The fourth-order valence-electron chi connectivity index (χ4n) is 0.979. The van der Waals surface area contributed by atoms with Crippen molar-refractivity contribution in [3.05, 3.63) is 12.4 Å². The number of carbonyl (C=O) groups is 1. The summed E-state index contributed by atoms with van der Waals surface area (Å²) in [4.78, 5) is 15.0. The van der Waals surface area contributed by atoms with Crippen molar-refractivity contribution >= 4 is 11.9 Å². The van der Waals surface area contributed by atoms with Gasteiger partial charge in [0.15, 0.2) is 0 Å². The molecule has 0 saturated carbocycles. The lowest BCUT2D eigenvalue weighted by atomic mass is 10.6. The van der Waals surface area contributed by atoms with Gasteiger partial charge in [-0.3, -0.25) is 4.79 Å². The topological polar surface area (TPSA) is 59.0 Å². The highest BCUT2D eigenvalue weighted by molar-refractivity contribution is 5.79. The van der Waals surface area contributed by atoms with Gasteiger partial charge in [-0.2, -0.15) is 0 Å². The lowest BCUT2D eigenvalue weighted by Crippen LogP contribution is -2.27. The van der Waals surface area contributed by atoms with Gasteiger partial charge in [-0.25, -0.2) is 4.98 Å². The van der Waals surface area contributed by atoms with E-state index in [4.69, 9.17) is 0 Å². The predicted molar refractivity (Wildman–Crippen MR) is 50.5 cm³/mol. The first-order chi connectivity index (χ1) is 6.27. The molecule has 1 heterocycles. The van der Waals surface area contributed by atoms with Gasteiger partial charge in [0.1, 0.15) is 0 Å². The van der Waals surface area contributed by atoms with Gasteiger partial charge in [0, 0.05) is 26.0 Å². The van der Waals surface area contributed by atoms with Crippen LogP contribution in [0.25, 0.3) is 0 Å². The summed E-state index contributed by atoms with van der Waals surface area (Å²) < 4.78 is 1.93. The van der Waals surface area contributed by atoms with Crippen molar-refractivity contribution in [2.24, 2.45) is 0 Å². The lowest BCUT2D eigenvalue weighted by molar-refractivity contribution is -0.118. The Hall–Kier alpha value is -1.52. The highest BCUT2D eigenvalue weighted by atomic mass is 16.1. The minimum Gasteiger partial charge on any atom is -0.358 e. The molecule has 0 unspecified atom stereocenters. The monoisotopic (exact) mass is 182 g/mol. The van der Waals surface area contributed by atoms with E-state index < -0.39 is 0 Å². The molecule has 72 valence electrons. The number of carbonyl (C=O) groups excluding carboxylic acids is 1. The van der Waals surface area contributed by atoms with Gasteiger partial charge < -0.3 is 15.2 Å². The first-order valence-electron chi connectivity index (χ1n) is 4.23. The fourth-order valence-corrected chi connectivity index (χ4v) is 0.979. The number of nitrogens with zero attached hydrogens (tertiary/aromatic N) is 2. The third-order valence-electron chi connectivity index (χ3n) is 1.74. The summed E-state index contributed by atoms with van der Waals surface area (Å²) in [5, 5.41) is 5.46. The van der Waals surface area contributed by atoms with Gasteiger partial charge in [0.05, 0.1) is 6.54 Å². The molecule has 0 aliphatic carbocycles. The number of amides is 1.